The maximum Gasteiger partial charge on any atom is 0.253 e. The highest BCUT2D eigenvalue weighted by atomic mass is 35.5. The molecule has 1 aromatic heterocycles. The van der Waals surface area contributed by atoms with Gasteiger partial charge in [-0.25, -0.2) is 0 Å². The van der Waals surface area contributed by atoms with Gasteiger partial charge >= 0.3 is 0 Å². The summed E-state index contributed by atoms with van der Waals surface area (Å²) in [4.78, 5) is 29.1. The maximum atomic E-state index is 12.5. The first-order chi connectivity index (χ1) is 13.0. The van der Waals surface area contributed by atoms with Crippen LogP contribution in [0.1, 0.15) is 34.9 Å². The summed E-state index contributed by atoms with van der Waals surface area (Å²) < 4.78 is 5.04. The second-order valence-corrected chi connectivity index (χ2v) is 7.31. The van der Waals surface area contributed by atoms with Gasteiger partial charge in [-0.2, -0.15) is 16.7 Å². The van der Waals surface area contributed by atoms with Crippen molar-refractivity contribution in [2.75, 3.05) is 18.6 Å². The Kier molecular flexibility index (Phi) is 8.60. The zero-order chi connectivity index (χ0) is 19.6. The van der Waals surface area contributed by atoms with Crippen LogP contribution >= 0.6 is 23.4 Å². The second kappa shape index (κ2) is 10.9. The highest BCUT2D eigenvalue weighted by molar-refractivity contribution is 7.98. The number of carbonyl (C=O) groups excluding carboxylic acids is 2. The Labute approximate surface area is 167 Å². The number of benzene rings is 1. The predicted molar refractivity (Wildman–Crippen MR) is 106 cm³/mol. The largest absolute Gasteiger partial charge is 0.354 e. The van der Waals surface area contributed by atoms with E-state index in [2.05, 4.69) is 20.8 Å². The zero-order valence-electron chi connectivity index (χ0n) is 15.3. The lowest BCUT2D eigenvalue weighted by molar-refractivity contribution is -0.123. The molecule has 1 aromatic carbocycles. The van der Waals surface area contributed by atoms with E-state index in [1.54, 1.807) is 43.0 Å². The summed E-state index contributed by atoms with van der Waals surface area (Å²) >= 11 is 7.68. The van der Waals surface area contributed by atoms with E-state index in [0.717, 1.165) is 5.75 Å². The van der Waals surface area contributed by atoms with Crippen molar-refractivity contribution in [3.8, 4) is 0 Å². The average molecular weight is 411 g/mol. The van der Waals surface area contributed by atoms with Gasteiger partial charge in [0.15, 0.2) is 5.82 Å². The lowest BCUT2D eigenvalue weighted by atomic mass is 10.1. The molecule has 1 unspecified atom stereocenters. The van der Waals surface area contributed by atoms with E-state index in [-0.39, 0.29) is 11.8 Å². The Morgan fingerprint density at radius 3 is 2.78 bits per heavy atom. The fourth-order valence-corrected chi connectivity index (χ4v) is 3.09. The number of aryl methyl sites for hydroxylation is 2. The lowest BCUT2D eigenvalue weighted by Crippen LogP contribution is -2.47. The molecule has 0 fully saturated rings. The van der Waals surface area contributed by atoms with Crippen molar-refractivity contribution >= 4 is 35.2 Å². The van der Waals surface area contributed by atoms with Crippen molar-refractivity contribution in [2.45, 2.75) is 32.2 Å². The van der Waals surface area contributed by atoms with Crippen LogP contribution in [0.15, 0.2) is 28.8 Å². The molecular formula is C18H23ClN4O3S. The second-order valence-electron chi connectivity index (χ2n) is 5.92. The molecule has 0 bridgehead atoms. The fraction of sp³-hybridized carbons (Fsp3) is 0.444. The number of nitrogens with one attached hydrogen (secondary N) is 2. The number of aromatic nitrogens is 2. The molecule has 27 heavy (non-hydrogen) atoms. The molecule has 0 spiro atoms. The summed E-state index contributed by atoms with van der Waals surface area (Å²) in [6.07, 6.45) is 3.74. The molecule has 2 rings (SSSR count). The van der Waals surface area contributed by atoms with Gasteiger partial charge in [-0.15, -0.1) is 0 Å². The molecule has 0 saturated heterocycles. The summed E-state index contributed by atoms with van der Waals surface area (Å²) in [5.41, 5.74) is 0.355. The van der Waals surface area contributed by atoms with Crippen LogP contribution in [0.5, 0.6) is 0 Å². The molecule has 2 N–H and O–H groups in total. The minimum absolute atomic E-state index is 0.217. The van der Waals surface area contributed by atoms with Crippen LogP contribution in [0.4, 0.5) is 0 Å². The Hall–Kier alpha value is -2.06. The topological polar surface area (TPSA) is 97.1 Å². The third-order valence-electron chi connectivity index (χ3n) is 3.79. The van der Waals surface area contributed by atoms with Gasteiger partial charge in [0.05, 0.1) is 10.6 Å². The number of amides is 2. The third kappa shape index (κ3) is 6.88. The van der Waals surface area contributed by atoms with Gasteiger partial charge < -0.3 is 15.2 Å². The van der Waals surface area contributed by atoms with Crippen LogP contribution in [0.25, 0.3) is 0 Å². The fourth-order valence-electron chi connectivity index (χ4n) is 2.40. The molecule has 2 aromatic rings. The molecule has 2 amide bonds. The van der Waals surface area contributed by atoms with E-state index in [1.807, 2.05) is 6.26 Å². The van der Waals surface area contributed by atoms with E-state index in [1.165, 1.54) is 0 Å². The molecular weight excluding hydrogens is 388 g/mol. The number of rotatable bonds is 10. The maximum absolute atomic E-state index is 12.5. The Morgan fingerprint density at radius 1 is 1.33 bits per heavy atom. The minimum Gasteiger partial charge on any atom is -0.354 e. The van der Waals surface area contributed by atoms with E-state index < -0.39 is 6.04 Å². The Morgan fingerprint density at radius 2 is 2.11 bits per heavy atom. The first-order valence-electron chi connectivity index (χ1n) is 8.62. The molecule has 1 heterocycles. The van der Waals surface area contributed by atoms with Crippen LogP contribution < -0.4 is 10.6 Å². The molecule has 0 saturated carbocycles. The van der Waals surface area contributed by atoms with E-state index in [0.29, 0.717) is 48.1 Å². The molecule has 0 radical (unpaired) electrons. The Balaban J connectivity index is 1.86. The van der Waals surface area contributed by atoms with Gasteiger partial charge in [-0.1, -0.05) is 28.9 Å². The van der Waals surface area contributed by atoms with Gasteiger partial charge in [0.1, 0.15) is 6.04 Å². The van der Waals surface area contributed by atoms with Crippen LogP contribution in [0.2, 0.25) is 5.02 Å². The molecule has 9 heteroatoms. The van der Waals surface area contributed by atoms with Crippen molar-refractivity contribution in [3.05, 3.63) is 46.6 Å². The molecule has 1 atom stereocenters. The van der Waals surface area contributed by atoms with E-state index in [9.17, 15) is 9.59 Å². The number of hydrogen-bond acceptors (Lipinski definition) is 6. The van der Waals surface area contributed by atoms with E-state index >= 15 is 0 Å². The number of carbonyl (C=O) groups is 2. The summed E-state index contributed by atoms with van der Waals surface area (Å²) in [7, 11) is 0. The molecule has 0 aliphatic rings. The van der Waals surface area contributed by atoms with Gasteiger partial charge in [-0.3, -0.25) is 9.59 Å². The lowest BCUT2D eigenvalue weighted by Gasteiger charge is -2.18. The van der Waals surface area contributed by atoms with Crippen molar-refractivity contribution < 1.29 is 14.1 Å². The van der Waals surface area contributed by atoms with Crippen LogP contribution in [-0.2, 0) is 11.2 Å². The monoisotopic (exact) mass is 410 g/mol. The summed E-state index contributed by atoms with van der Waals surface area (Å²) in [5, 5.41) is 9.72. The first kappa shape index (κ1) is 21.2. The van der Waals surface area contributed by atoms with Crippen molar-refractivity contribution in [1.29, 1.82) is 0 Å². The van der Waals surface area contributed by atoms with Gasteiger partial charge in [0.25, 0.3) is 5.91 Å². The standard InChI is InChI=1S/C18H23ClN4O3S/c1-12-21-16(26-23-12)8-5-10-20-18(25)15(9-11-27-2)22-17(24)13-6-3-4-7-14(13)19/h3-4,6-7,15H,5,8-11H2,1-2H3,(H,20,25)(H,22,24). The van der Waals surface area contributed by atoms with Crippen molar-refractivity contribution in [1.82, 2.24) is 20.8 Å². The highest BCUT2D eigenvalue weighted by Gasteiger charge is 2.21. The van der Waals surface area contributed by atoms with Gasteiger partial charge in [0, 0.05) is 13.0 Å². The van der Waals surface area contributed by atoms with Crippen molar-refractivity contribution in [3.63, 3.8) is 0 Å². The van der Waals surface area contributed by atoms with Gasteiger partial charge in [-0.05, 0) is 43.9 Å². The summed E-state index contributed by atoms with van der Waals surface area (Å²) in [6, 6.07) is 6.14. The zero-order valence-corrected chi connectivity index (χ0v) is 16.9. The number of thioether (sulfide) groups is 1. The third-order valence-corrected chi connectivity index (χ3v) is 4.76. The SMILES string of the molecule is CSCCC(NC(=O)c1ccccc1Cl)C(=O)NCCCc1nc(C)no1. The molecule has 0 aliphatic heterocycles. The van der Waals surface area contributed by atoms with Crippen LogP contribution in [-0.4, -0.2) is 46.6 Å². The number of halogens is 1. The number of hydrogen-bond donors (Lipinski definition) is 2. The molecule has 146 valence electrons. The van der Waals surface area contributed by atoms with Crippen molar-refractivity contribution in [2.24, 2.45) is 0 Å². The van der Waals surface area contributed by atoms with Crippen LogP contribution in [0.3, 0.4) is 0 Å². The average Bonchev–Trinajstić information content (AvgIpc) is 3.07. The summed E-state index contributed by atoms with van der Waals surface area (Å²) in [6.45, 7) is 2.21. The molecule has 7 nitrogen and oxygen atoms in total. The molecule has 0 aliphatic carbocycles. The quantitative estimate of drug-likeness (QED) is 0.584. The van der Waals surface area contributed by atoms with E-state index in [4.69, 9.17) is 16.1 Å². The minimum atomic E-state index is -0.619. The first-order valence-corrected chi connectivity index (χ1v) is 10.4. The smallest absolute Gasteiger partial charge is 0.253 e. The number of nitrogens with zero attached hydrogens (tertiary/aromatic N) is 2. The van der Waals surface area contributed by atoms with Gasteiger partial charge in [0.2, 0.25) is 11.8 Å². The predicted octanol–water partition coefficient (Wildman–Crippen LogP) is 2.63. The Bertz CT molecular complexity index is 769. The highest BCUT2D eigenvalue weighted by Crippen LogP contribution is 2.15. The summed E-state index contributed by atoms with van der Waals surface area (Å²) in [5.74, 6) is 1.32. The normalized spacial score (nSPS) is 11.8. The van der Waals surface area contributed by atoms with Crippen LogP contribution in [0, 0.1) is 6.92 Å².